The van der Waals surface area contributed by atoms with Crippen molar-refractivity contribution in [3.05, 3.63) is 65.2 Å². The van der Waals surface area contributed by atoms with Crippen LogP contribution in [0.3, 0.4) is 0 Å². The molecule has 138 valence electrons. The molecule has 26 heavy (non-hydrogen) atoms. The fourth-order valence-electron chi connectivity index (χ4n) is 2.68. The molecule has 2 aromatic carbocycles. The summed E-state index contributed by atoms with van der Waals surface area (Å²) < 4.78 is 5.19. The minimum Gasteiger partial charge on any atom is -0.507 e. The molecule has 2 atom stereocenters. The first-order chi connectivity index (χ1) is 12.4. The van der Waals surface area contributed by atoms with E-state index < -0.39 is 12.1 Å². The molecular formula is C21H25NO4. The second-order valence-electron chi connectivity index (χ2n) is 6.33. The average molecular weight is 355 g/mol. The number of carbonyl (C=O) groups excluding carboxylic acids is 2. The number of aryl methyl sites for hydroxylation is 1. The number of nitrogens with one attached hydrogen (secondary N) is 1. The molecule has 0 spiro atoms. The normalized spacial score (nSPS) is 12.9. The van der Waals surface area contributed by atoms with Crippen molar-refractivity contribution >= 4 is 11.9 Å². The van der Waals surface area contributed by atoms with Crippen LogP contribution in [0.5, 0.6) is 5.75 Å². The lowest BCUT2D eigenvalue weighted by molar-refractivity contribution is -0.129. The highest BCUT2D eigenvalue weighted by Crippen LogP contribution is 2.20. The second kappa shape index (κ2) is 9.04. The van der Waals surface area contributed by atoms with Crippen LogP contribution in [0.25, 0.3) is 0 Å². The van der Waals surface area contributed by atoms with Crippen molar-refractivity contribution in [2.45, 2.75) is 39.2 Å². The van der Waals surface area contributed by atoms with E-state index >= 15 is 0 Å². The van der Waals surface area contributed by atoms with E-state index in [4.69, 9.17) is 4.74 Å². The third kappa shape index (κ3) is 5.09. The number of carbonyl (C=O) groups is 2. The Labute approximate surface area is 154 Å². The number of amides is 1. The van der Waals surface area contributed by atoms with Crippen LogP contribution in [0.1, 0.15) is 47.7 Å². The molecule has 0 aliphatic carbocycles. The van der Waals surface area contributed by atoms with Gasteiger partial charge in [-0.2, -0.15) is 0 Å². The zero-order valence-corrected chi connectivity index (χ0v) is 15.4. The summed E-state index contributed by atoms with van der Waals surface area (Å²) in [5.41, 5.74) is 2.03. The summed E-state index contributed by atoms with van der Waals surface area (Å²) in [6.07, 6.45) is -0.0639. The van der Waals surface area contributed by atoms with E-state index in [1.54, 1.807) is 13.0 Å². The first-order valence-corrected chi connectivity index (χ1v) is 8.75. The Morgan fingerprint density at radius 3 is 2.50 bits per heavy atom. The topological polar surface area (TPSA) is 75.6 Å². The standard InChI is InChI=1S/C21H25NO4/c1-4-16(17-8-6-5-7-9-17)13-22-20(24)15(3)26-21(25)18-12-14(2)10-11-19(18)23/h5-12,15-16,23H,4,13H2,1-3H3,(H,22,24)/t15-,16+/m1/s1. The van der Waals surface area contributed by atoms with Gasteiger partial charge in [-0.05, 0) is 38.0 Å². The molecule has 0 aliphatic heterocycles. The molecule has 0 bridgehead atoms. The van der Waals surface area contributed by atoms with E-state index in [0.29, 0.717) is 6.54 Å². The summed E-state index contributed by atoms with van der Waals surface area (Å²) in [5, 5.41) is 12.6. The van der Waals surface area contributed by atoms with Gasteiger partial charge in [0.05, 0.1) is 0 Å². The molecule has 5 heteroatoms. The van der Waals surface area contributed by atoms with Gasteiger partial charge in [0.15, 0.2) is 6.10 Å². The molecule has 5 nitrogen and oxygen atoms in total. The Hall–Kier alpha value is -2.82. The van der Waals surface area contributed by atoms with E-state index in [9.17, 15) is 14.7 Å². The predicted octanol–water partition coefficient (Wildman–Crippen LogP) is 3.56. The summed E-state index contributed by atoms with van der Waals surface area (Å²) in [6, 6.07) is 14.6. The molecule has 1 amide bonds. The number of ether oxygens (including phenoxy) is 1. The van der Waals surface area contributed by atoms with E-state index in [2.05, 4.69) is 12.2 Å². The molecule has 2 aromatic rings. The lowest BCUT2D eigenvalue weighted by Crippen LogP contribution is -2.38. The van der Waals surface area contributed by atoms with Gasteiger partial charge in [0, 0.05) is 12.5 Å². The van der Waals surface area contributed by atoms with Crippen molar-refractivity contribution in [1.82, 2.24) is 5.32 Å². The lowest BCUT2D eigenvalue weighted by atomic mass is 9.96. The number of phenolic OH excluding ortho intramolecular Hbond substituents is 1. The maximum absolute atomic E-state index is 12.3. The highest BCUT2D eigenvalue weighted by atomic mass is 16.5. The minimum absolute atomic E-state index is 0.0559. The number of benzene rings is 2. The molecule has 0 saturated heterocycles. The second-order valence-corrected chi connectivity index (χ2v) is 6.33. The summed E-state index contributed by atoms with van der Waals surface area (Å²) in [4.78, 5) is 24.4. The third-order valence-corrected chi connectivity index (χ3v) is 4.31. The summed E-state index contributed by atoms with van der Waals surface area (Å²) in [5.74, 6) is -1.05. The van der Waals surface area contributed by atoms with Crippen LogP contribution < -0.4 is 5.32 Å². The van der Waals surface area contributed by atoms with Crippen LogP contribution in [0.15, 0.2) is 48.5 Å². The van der Waals surface area contributed by atoms with Crippen LogP contribution in [0, 0.1) is 6.92 Å². The largest absolute Gasteiger partial charge is 0.507 e. The van der Waals surface area contributed by atoms with Crippen molar-refractivity contribution in [3.8, 4) is 5.75 Å². The number of hydrogen-bond donors (Lipinski definition) is 2. The van der Waals surface area contributed by atoms with E-state index in [1.807, 2.05) is 30.3 Å². The molecule has 0 unspecified atom stereocenters. The first-order valence-electron chi connectivity index (χ1n) is 8.75. The fourth-order valence-corrected chi connectivity index (χ4v) is 2.68. The molecule has 0 heterocycles. The van der Waals surface area contributed by atoms with Gasteiger partial charge in [-0.3, -0.25) is 4.79 Å². The van der Waals surface area contributed by atoms with Gasteiger partial charge in [-0.1, -0.05) is 48.9 Å². The number of esters is 1. The molecule has 2 rings (SSSR count). The van der Waals surface area contributed by atoms with Crippen molar-refractivity contribution in [2.75, 3.05) is 6.54 Å². The zero-order chi connectivity index (χ0) is 19.1. The average Bonchev–Trinajstić information content (AvgIpc) is 2.64. The number of rotatable bonds is 7. The Morgan fingerprint density at radius 2 is 1.85 bits per heavy atom. The minimum atomic E-state index is -0.948. The maximum Gasteiger partial charge on any atom is 0.342 e. The van der Waals surface area contributed by atoms with Gasteiger partial charge in [0.2, 0.25) is 0 Å². The smallest absolute Gasteiger partial charge is 0.342 e. The summed E-state index contributed by atoms with van der Waals surface area (Å²) in [7, 11) is 0. The zero-order valence-electron chi connectivity index (χ0n) is 15.4. The lowest BCUT2D eigenvalue weighted by Gasteiger charge is -2.18. The van der Waals surface area contributed by atoms with Crippen LogP contribution in [0.2, 0.25) is 0 Å². The Kier molecular flexibility index (Phi) is 6.78. The van der Waals surface area contributed by atoms with Crippen molar-refractivity contribution in [1.29, 1.82) is 0 Å². The van der Waals surface area contributed by atoms with Crippen molar-refractivity contribution in [2.24, 2.45) is 0 Å². The van der Waals surface area contributed by atoms with Crippen LogP contribution in [-0.2, 0) is 9.53 Å². The Morgan fingerprint density at radius 1 is 1.15 bits per heavy atom. The molecule has 0 fully saturated rings. The van der Waals surface area contributed by atoms with Crippen molar-refractivity contribution in [3.63, 3.8) is 0 Å². The quantitative estimate of drug-likeness (QED) is 0.745. The van der Waals surface area contributed by atoms with Gasteiger partial charge >= 0.3 is 5.97 Å². The Bertz CT molecular complexity index is 758. The van der Waals surface area contributed by atoms with Crippen LogP contribution in [0.4, 0.5) is 0 Å². The number of hydrogen-bond acceptors (Lipinski definition) is 4. The summed E-state index contributed by atoms with van der Waals surface area (Å²) in [6.45, 7) is 5.86. The van der Waals surface area contributed by atoms with Crippen LogP contribution >= 0.6 is 0 Å². The SMILES string of the molecule is CC[C@@H](CNC(=O)[C@@H](C)OC(=O)c1cc(C)ccc1O)c1ccccc1. The van der Waals surface area contributed by atoms with E-state index in [-0.39, 0.29) is 23.1 Å². The molecule has 0 saturated carbocycles. The maximum atomic E-state index is 12.3. The Balaban J connectivity index is 1.92. The number of aromatic hydroxyl groups is 1. The first kappa shape index (κ1) is 19.5. The molecule has 2 N–H and O–H groups in total. The van der Waals surface area contributed by atoms with E-state index in [0.717, 1.165) is 17.5 Å². The highest BCUT2D eigenvalue weighted by molar-refractivity contribution is 5.94. The van der Waals surface area contributed by atoms with Gasteiger partial charge < -0.3 is 15.2 Å². The van der Waals surface area contributed by atoms with Crippen LogP contribution in [-0.4, -0.2) is 29.6 Å². The molecule has 0 radical (unpaired) electrons. The summed E-state index contributed by atoms with van der Waals surface area (Å²) >= 11 is 0. The van der Waals surface area contributed by atoms with Gasteiger partial charge in [0.1, 0.15) is 11.3 Å². The van der Waals surface area contributed by atoms with Crippen molar-refractivity contribution < 1.29 is 19.4 Å². The monoisotopic (exact) mass is 355 g/mol. The fraction of sp³-hybridized carbons (Fsp3) is 0.333. The number of phenols is 1. The molecular weight excluding hydrogens is 330 g/mol. The third-order valence-electron chi connectivity index (χ3n) is 4.31. The molecule has 0 aliphatic rings. The van der Waals surface area contributed by atoms with Gasteiger partial charge in [0.25, 0.3) is 5.91 Å². The molecule has 0 aromatic heterocycles. The highest BCUT2D eigenvalue weighted by Gasteiger charge is 2.21. The van der Waals surface area contributed by atoms with Gasteiger partial charge in [-0.25, -0.2) is 4.79 Å². The van der Waals surface area contributed by atoms with E-state index in [1.165, 1.54) is 19.1 Å². The predicted molar refractivity (Wildman–Crippen MR) is 100 cm³/mol. The van der Waals surface area contributed by atoms with Gasteiger partial charge in [-0.15, -0.1) is 0 Å².